The van der Waals surface area contributed by atoms with Crippen molar-refractivity contribution in [2.45, 2.75) is 6.54 Å². The van der Waals surface area contributed by atoms with E-state index in [0.29, 0.717) is 5.56 Å². The molecule has 2 rings (SSSR count). The van der Waals surface area contributed by atoms with Gasteiger partial charge >= 0.3 is 0 Å². The van der Waals surface area contributed by atoms with Crippen molar-refractivity contribution in [2.24, 2.45) is 0 Å². The SMILES string of the molecule is N#Cc1cc(CN2C(=O)CSC2=O)ccc1F. The largest absolute Gasteiger partial charge is 0.289 e. The molecule has 0 bridgehead atoms. The number of halogens is 1. The molecule has 0 atom stereocenters. The van der Waals surface area contributed by atoms with E-state index < -0.39 is 5.82 Å². The summed E-state index contributed by atoms with van der Waals surface area (Å²) in [4.78, 5) is 23.8. The van der Waals surface area contributed by atoms with Crippen molar-refractivity contribution in [3.05, 3.63) is 35.1 Å². The van der Waals surface area contributed by atoms with Gasteiger partial charge in [0.2, 0.25) is 5.91 Å². The van der Waals surface area contributed by atoms with Crippen molar-refractivity contribution in [1.82, 2.24) is 4.90 Å². The molecule has 0 N–H and O–H groups in total. The minimum atomic E-state index is -0.607. The van der Waals surface area contributed by atoms with Gasteiger partial charge in [0, 0.05) is 0 Å². The highest BCUT2D eigenvalue weighted by atomic mass is 32.2. The van der Waals surface area contributed by atoms with Crippen LogP contribution in [0.2, 0.25) is 0 Å². The number of benzene rings is 1. The molecule has 17 heavy (non-hydrogen) atoms. The van der Waals surface area contributed by atoms with Crippen LogP contribution in [0.1, 0.15) is 11.1 Å². The highest BCUT2D eigenvalue weighted by molar-refractivity contribution is 8.14. The predicted octanol–water partition coefficient (Wildman–Crippen LogP) is 1.89. The summed E-state index contributed by atoms with van der Waals surface area (Å²) in [5.74, 6) is -0.724. The fraction of sp³-hybridized carbons (Fsp3) is 0.182. The number of thioether (sulfide) groups is 1. The zero-order chi connectivity index (χ0) is 12.4. The molecule has 1 saturated heterocycles. The molecule has 1 fully saturated rings. The van der Waals surface area contributed by atoms with Gasteiger partial charge in [-0.3, -0.25) is 14.5 Å². The highest BCUT2D eigenvalue weighted by Crippen LogP contribution is 2.21. The van der Waals surface area contributed by atoms with Gasteiger partial charge in [-0.25, -0.2) is 4.39 Å². The van der Waals surface area contributed by atoms with Crippen molar-refractivity contribution in [2.75, 3.05) is 5.75 Å². The zero-order valence-corrected chi connectivity index (χ0v) is 9.46. The number of hydrogen-bond acceptors (Lipinski definition) is 4. The number of nitriles is 1. The number of nitrogens with zero attached hydrogens (tertiary/aromatic N) is 2. The third kappa shape index (κ3) is 2.29. The zero-order valence-electron chi connectivity index (χ0n) is 8.64. The first-order valence-corrected chi connectivity index (χ1v) is 5.76. The predicted molar refractivity (Wildman–Crippen MR) is 59.5 cm³/mol. The molecule has 0 spiro atoms. The third-order valence-corrected chi connectivity index (χ3v) is 3.19. The molecule has 0 unspecified atom stereocenters. The maximum atomic E-state index is 13.1. The van der Waals surface area contributed by atoms with Crippen LogP contribution in [0.4, 0.5) is 9.18 Å². The average molecular weight is 250 g/mol. The standard InChI is InChI=1S/C11H7FN2O2S/c12-9-2-1-7(3-8(9)4-13)5-14-10(15)6-17-11(14)16/h1-3H,5-6H2. The van der Waals surface area contributed by atoms with Crippen LogP contribution in [-0.2, 0) is 11.3 Å². The first-order valence-electron chi connectivity index (χ1n) is 4.77. The number of carbonyl (C=O) groups excluding carboxylic acids is 2. The van der Waals surface area contributed by atoms with Crippen molar-refractivity contribution < 1.29 is 14.0 Å². The normalized spacial score (nSPS) is 15.2. The molecule has 1 aromatic carbocycles. The molecule has 2 amide bonds. The Morgan fingerprint density at radius 1 is 1.47 bits per heavy atom. The molecule has 0 aliphatic carbocycles. The van der Waals surface area contributed by atoms with Gasteiger partial charge in [-0.1, -0.05) is 17.8 Å². The van der Waals surface area contributed by atoms with Crippen LogP contribution in [0, 0.1) is 17.1 Å². The number of rotatable bonds is 2. The van der Waals surface area contributed by atoms with Crippen LogP contribution < -0.4 is 0 Å². The number of hydrogen-bond donors (Lipinski definition) is 0. The van der Waals surface area contributed by atoms with E-state index in [0.717, 1.165) is 22.7 Å². The van der Waals surface area contributed by atoms with Crippen molar-refractivity contribution in [3.8, 4) is 6.07 Å². The molecule has 1 aliphatic rings. The van der Waals surface area contributed by atoms with Crippen molar-refractivity contribution in [1.29, 1.82) is 5.26 Å². The Balaban J connectivity index is 2.22. The van der Waals surface area contributed by atoms with Crippen LogP contribution in [0.5, 0.6) is 0 Å². The summed E-state index contributed by atoms with van der Waals surface area (Å²) in [6.45, 7) is 0.0830. The van der Waals surface area contributed by atoms with Gasteiger partial charge in [-0.2, -0.15) is 5.26 Å². The van der Waals surface area contributed by atoms with Gasteiger partial charge in [0.15, 0.2) is 0 Å². The van der Waals surface area contributed by atoms with E-state index in [9.17, 15) is 14.0 Å². The first kappa shape index (κ1) is 11.6. The molecular formula is C11H7FN2O2S. The number of carbonyl (C=O) groups is 2. The van der Waals surface area contributed by atoms with Gasteiger partial charge in [-0.15, -0.1) is 0 Å². The van der Waals surface area contributed by atoms with E-state index in [4.69, 9.17) is 5.26 Å². The Kier molecular flexibility index (Phi) is 3.11. The van der Waals surface area contributed by atoms with E-state index in [-0.39, 0.29) is 29.0 Å². The fourth-order valence-electron chi connectivity index (χ4n) is 1.47. The number of imide groups is 1. The maximum absolute atomic E-state index is 13.1. The van der Waals surface area contributed by atoms with Crippen LogP contribution in [0.25, 0.3) is 0 Å². The minimum Gasteiger partial charge on any atom is -0.273 e. The average Bonchev–Trinajstić information content (AvgIpc) is 2.63. The second-order valence-electron chi connectivity index (χ2n) is 3.46. The molecule has 0 radical (unpaired) electrons. The summed E-state index contributed by atoms with van der Waals surface area (Å²) in [7, 11) is 0. The monoisotopic (exact) mass is 250 g/mol. The maximum Gasteiger partial charge on any atom is 0.289 e. The smallest absolute Gasteiger partial charge is 0.273 e. The topological polar surface area (TPSA) is 61.2 Å². The van der Waals surface area contributed by atoms with E-state index in [1.807, 2.05) is 0 Å². The van der Waals surface area contributed by atoms with Gasteiger partial charge < -0.3 is 0 Å². The Morgan fingerprint density at radius 3 is 2.82 bits per heavy atom. The Hall–Kier alpha value is -1.87. The Labute approximate surface area is 101 Å². The third-order valence-electron chi connectivity index (χ3n) is 2.33. The fourth-order valence-corrected chi connectivity index (χ4v) is 2.20. The summed E-state index contributed by atoms with van der Waals surface area (Å²) in [6, 6.07) is 5.68. The molecular weight excluding hydrogens is 243 g/mol. The van der Waals surface area contributed by atoms with Gasteiger partial charge in [0.05, 0.1) is 17.9 Å². The van der Waals surface area contributed by atoms with Crippen molar-refractivity contribution >= 4 is 22.9 Å². The summed E-state index contributed by atoms with van der Waals surface area (Å²) in [5.41, 5.74) is 0.474. The molecule has 0 aromatic heterocycles. The molecule has 1 aromatic rings. The van der Waals surface area contributed by atoms with Crippen LogP contribution in [0.3, 0.4) is 0 Å². The van der Waals surface area contributed by atoms with Gasteiger partial charge in [-0.05, 0) is 17.7 Å². The van der Waals surface area contributed by atoms with Crippen LogP contribution in [-0.4, -0.2) is 21.8 Å². The molecule has 1 aliphatic heterocycles. The summed E-state index contributed by atoms with van der Waals surface area (Å²) in [5, 5.41) is 8.36. The quantitative estimate of drug-likeness (QED) is 0.804. The minimum absolute atomic E-state index is 0.0830. The lowest BCUT2D eigenvalue weighted by Crippen LogP contribution is -2.27. The highest BCUT2D eigenvalue weighted by Gasteiger charge is 2.29. The van der Waals surface area contributed by atoms with E-state index in [2.05, 4.69) is 0 Å². The number of amides is 2. The van der Waals surface area contributed by atoms with Crippen molar-refractivity contribution in [3.63, 3.8) is 0 Å². The summed E-state index contributed by atoms with van der Waals surface area (Å²) < 4.78 is 13.1. The van der Waals surface area contributed by atoms with Crippen LogP contribution in [0.15, 0.2) is 18.2 Å². The second kappa shape index (κ2) is 4.55. The van der Waals surface area contributed by atoms with Gasteiger partial charge in [0.1, 0.15) is 11.9 Å². The second-order valence-corrected chi connectivity index (χ2v) is 4.39. The van der Waals surface area contributed by atoms with Gasteiger partial charge in [0.25, 0.3) is 5.24 Å². The Bertz CT molecular complexity index is 523. The summed E-state index contributed by atoms with van der Waals surface area (Å²) in [6.07, 6.45) is 0. The Morgan fingerprint density at radius 2 is 2.24 bits per heavy atom. The lowest BCUT2D eigenvalue weighted by atomic mass is 10.1. The molecule has 6 heteroatoms. The molecule has 1 heterocycles. The van der Waals surface area contributed by atoms with E-state index in [1.165, 1.54) is 12.1 Å². The summed E-state index contributed by atoms with van der Waals surface area (Å²) >= 11 is 0.944. The molecule has 86 valence electrons. The van der Waals surface area contributed by atoms with Crippen LogP contribution >= 0.6 is 11.8 Å². The van der Waals surface area contributed by atoms with E-state index >= 15 is 0 Å². The lowest BCUT2D eigenvalue weighted by Gasteiger charge is -2.12. The van der Waals surface area contributed by atoms with E-state index in [1.54, 1.807) is 6.07 Å². The lowest BCUT2D eigenvalue weighted by molar-refractivity contribution is -0.125. The first-order chi connectivity index (χ1) is 8.11. The molecule has 0 saturated carbocycles. The molecule has 4 nitrogen and oxygen atoms in total.